The molecule has 1 aromatic carbocycles. The summed E-state index contributed by atoms with van der Waals surface area (Å²) in [4.78, 5) is 14.9. The van der Waals surface area contributed by atoms with E-state index in [4.69, 9.17) is 5.41 Å². The summed E-state index contributed by atoms with van der Waals surface area (Å²) in [5.74, 6) is 0.104. The van der Waals surface area contributed by atoms with Gasteiger partial charge in [0, 0.05) is 30.1 Å². The summed E-state index contributed by atoms with van der Waals surface area (Å²) in [6.07, 6.45) is 5.12. The van der Waals surface area contributed by atoms with Crippen molar-refractivity contribution in [2.45, 2.75) is 45.1 Å². The maximum atomic E-state index is 13.0. The smallest absolute Gasteiger partial charge is 0.254 e. The largest absolute Gasteiger partial charge is 0.385 e. The van der Waals surface area contributed by atoms with E-state index < -0.39 is 0 Å². The van der Waals surface area contributed by atoms with Gasteiger partial charge in [0.15, 0.2) is 0 Å². The van der Waals surface area contributed by atoms with E-state index in [2.05, 4.69) is 11.4 Å². The zero-order valence-corrected chi connectivity index (χ0v) is 12.6. The lowest BCUT2D eigenvalue weighted by Gasteiger charge is -2.36. The molecule has 2 aliphatic rings. The van der Waals surface area contributed by atoms with Crippen molar-refractivity contribution in [2.75, 3.05) is 18.4 Å². The van der Waals surface area contributed by atoms with Crippen LogP contribution in [0, 0.1) is 5.41 Å². The number of amides is 1. The van der Waals surface area contributed by atoms with Gasteiger partial charge in [-0.25, -0.2) is 0 Å². The van der Waals surface area contributed by atoms with E-state index in [0.29, 0.717) is 5.71 Å². The van der Waals surface area contributed by atoms with Gasteiger partial charge < -0.3 is 15.6 Å². The number of fused-ring (bicyclic) bond motifs is 1. The van der Waals surface area contributed by atoms with E-state index in [1.54, 1.807) is 0 Å². The number of rotatable bonds is 2. The van der Waals surface area contributed by atoms with Crippen LogP contribution in [0.15, 0.2) is 18.2 Å². The molecule has 4 nitrogen and oxygen atoms in total. The first-order valence-electron chi connectivity index (χ1n) is 7.90. The molecule has 2 heterocycles. The van der Waals surface area contributed by atoms with Crippen LogP contribution in [-0.4, -0.2) is 35.7 Å². The van der Waals surface area contributed by atoms with Crippen LogP contribution in [0.5, 0.6) is 0 Å². The second-order valence-corrected chi connectivity index (χ2v) is 6.06. The van der Waals surface area contributed by atoms with E-state index in [0.717, 1.165) is 62.0 Å². The van der Waals surface area contributed by atoms with Crippen LogP contribution < -0.4 is 5.32 Å². The normalized spacial score (nSPS) is 21.4. The van der Waals surface area contributed by atoms with Crippen molar-refractivity contribution in [1.82, 2.24) is 4.90 Å². The summed E-state index contributed by atoms with van der Waals surface area (Å²) in [7, 11) is 0. The zero-order valence-electron chi connectivity index (χ0n) is 12.6. The minimum absolute atomic E-state index is 0.0151. The average Bonchev–Trinajstić information content (AvgIpc) is 2.53. The monoisotopic (exact) mass is 285 g/mol. The highest BCUT2D eigenvalue weighted by Gasteiger charge is 2.30. The van der Waals surface area contributed by atoms with Crippen LogP contribution in [0.3, 0.4) is 0 Å². The first-order valence-corrected chi connectivity index (χ1v) is 7.90. The van der Waals surface area contributed by atoms with Crippen molar-refractivity contribution in [2.24, 2.45) is 0 Å². The molecular weight excluding hydrogens is 262 g/mol. The second-order valence-electron chi connectivity index (χ2n) is 6.06. The molecule has 1 fully saturated rings. The molecule has 1 atom stereocenters. The van der Waals surface area contributed by atoms with Gasteiger partial charge in [-0.1, -0.05) is 6.07 Å². The summed E-state index contributed by atoms with van der Waals surface area (Å²) in [5, 5.41) is 11.3. The summed E-state index contributed by atoms with van der Waals surface area (Å²) >= 11 is 0. The van der Waals surface area contributed by atoms with Gasteiger partial charge in [0.25, 0.3) is 5.91 Å². The Bertz CT molecular complexity index is 567. The SMILES string of the molecule is CC(=N)C1CCCCN1C(=O)c1cccc2c1CCCN2. The van der Waals surface area contributed by atoms with Gasteiger partial charge in [0.05, 0.1) is 6.04 Å². The number of hydrogen-bond acceptors (Lipinski definition) is 3. The fourth-order valence-corrected chi connectivity index (χ4v) is 3.49. The molecule has 112 valence electrons. The van der Waals surface area contributed by atoms with E-state index in [1.807, 2.05) is 24.0 Å². The number of anilines is 1. The molecule has 0 spiro atoms. The Labute approximate surface area is 126 Å². The molecular formula is C17H23N3O. The van der Waals surface area contributed by atoms with Gasteiger partial charge in [-0.2, -0.15) is 0 Å². The molecule has 0 aliphatic carbocycles. The predicted octanol–water partition coefficient (Wildman–Crippen LogP) is 3.08. The fourth-order valence-electron chi connectivity index (χ4n) is 3.49. The van der Waals surface area contributed by atoms with E-state index in [-0.39, 0.29) is 11.9 Å². The Morgan fingerprint density at radius 3 is 3.00 bits per heavy atom. The number of carbonyl (C=O) groups excluding carboxylic acids is 1. The zero-order chi connectivity index (χ0) is 14.8. The first kappa shape index (κ1) is 14.1. The second kappa shape index (κ2) is 5.88. The third-order valence-electron chi connectivity index (χ3n) is 4.59. The molecule has 1 saturated heterocycles. The van der Waals surface area contributed by atoms with Crippen molar-refractivity contribution < 1.29 is 4.79 Å². The highest BCUT2D eigenvalue weighted by molar-refractivity contribution is 6.00. The minimum Gasteiger partial charge on any atom is -0.385 e. The van der Waals surface area contributed by atoms with Crippen LogP contribution in [0.25, 0.3) is 0 Å². The molecule has 1 amide bonds. The summed E-state index contributed by atoms with van der Waals surface area (Å²) in [5.41, 5.74) is 3.69. The Balaban J connectivity index is 1.92. The van der Waals surface area contributed by atoms with E-state index in [9.17, 15) is 4.79 Å². The van der Waals surface area contributed by atoms with Gasteiger partial charge in [0.1, 0.15) is 0 Å². The molecule has 1 aromatic rings. The molecule has 1 unspecified atom stereocenters. The Morgan fingerprint density at radius 1 is 1.33 bits per heavy atom. The van der Waals surface area contributed by atoms with Crippen molar-refractivity contribution in [3.05, 3.63) is 29.3 Å². The van der Waals surface area contributed by atoms with Crippen molar-refractivity contribution in [3.8, 4) is 0 Å². The van der Waals surface area contributed by atoms with E-state index >= 15 is 0 Å². The average molecular weight is 285 g/mol. The van der Waals surface area contributed by atoms with E-state index in [1.165, 1.54) is 0 Å². The quantitative estimate of drug-likeness (QED) is 0.820. The lowest BCUT2D eigenvalue weighted by Crippen LogP contribution is -2.47. The molecule has 2 N–H and O–H groups in total. The third kappa shape index (κ3) is 2.67. The van der Waals surface area contributed by atoms with Crippen LogP contribution in [-0.2, 0) is 6.42 Å². The molecule has 2 aliphatic heterocycles. The van der Waals surface area contributed by atoms with Gasteiger partial charge in [-0.3, -0.25) is 4.79 Å². The number of hydrogen-bond donors (Lipinski definition) is 2. The number of nitrogens with one attached hydrogen (secondary N) is 2. The number of nitrogens with zero attached hydrogens (tertiary/aromatic N) is 1. The molecule has 0 bridgehead atoms. The maximum Gasteiger partial charge on any atom is 0.254 e. The third-order valence-corrected chi connectivity index (χ3v) is 4.59. The molecule has 0 saturated carbocycles. The van der Waals surface area contributed by atoms with Crippen molar-refractivity contribution in [3.63, 3.8) is 0 Å². The molecule has 0 aromatic heterocycles. The Kier molecular flexibility index (Phi) is 3.95. The van der Waals surface area contributed by atoms with Crippen LogP contribution in [0.1, 0.15) is 48.5 Å². The van der Waals surface area contributed by atoms with Gasteiger partial charge in [0.2, 0.25) is 0 Å². The number of benzene rings is 1. The Morgan fingerprint density at radius 2 is 2.19 bits per heavy atom. The predicted molar refractivity (Wildman–Crippen MR) is 85.3 cm³/mol. The van der Waals surface area contributed by atoms with Gasteiger partial charge >= 0.3 is 0 Å². The molecule has 4 heteroatoms. The molecule has 0 radical (unpaired) electrons. The minimum atomic E-state index is -0.0151. The Hall–Kier alpha value is -1.84. The van der Waals surface area contributed by atoms with Crippen LogP contribution >= 0.6 is 0 Å². The molecule has 21 heavy (non-hydrogen) atoms. The highest BCUT2D eigenvalue weighted by Crippen LogP contribution is 2.28. The topological polar surface area (TPSA) is 56.2 Å². The highest BCUT2D eigenvalue weighted by atomic mass is 16.2. The first-order chi connectivity index (χ1) is 10.2. The van der Waals surface area contributed by atoms with Crippen molar-refractivity contribution >= 4 is 17.3 Å². The summed E-state index contributed by atoms with van der Waals surface area (Å²) in [6.45, 7) is 3.58. The fraction of sp³-hybridized carbons (Fsp3) is 0.529. The van der Waals surface area contributed by atoms with Gasteiger partial charge in [-0.15, -0.1) is 0 Å². The number of piperidine rings is 1. The van der Waals surface area contributed by atoms with Crippen LogP contribution in [0.4, 0.5) is 5.69 Å². The lowest BCUT2D eigenvalue weighted by molar-refractivity contribution is 0.0678. The lowest BCUT2D eigenvalue weighted by atomic mass is 9.93. The number of likely N-dealkylation sites (tertiary alicyclic amines) is 1. The summed E-state index contributed by atoms with van der Waals surface area (Å²) in [6, 6.07) is 5.94. The van der Waals surface area contributed by atoms with Crippen molar-refractivity contribution in [1.29, 1.82) is 5.41 Å². The standard InChI is InChI=1S/C17H23N3O/c1-12(18)16-9-2-3-11-20(16)17(21)14-6-4-8-15-13(14)7-5-10-19-15/h4,6,8,16,18-19H,2-3,5,7,9-11H2,1H3. The molecule has 3 rings (SSSR count). The van der Waals surface area contributed by atoms with Crippen LogP contribution in [0.2, 0.25) is 0 Å². The van der Waals surface area contributed by atoms with Gasteiger partial charge in [-0.05, 0) is 56.7 Å². The maximum absolute atomic E-state index is 13.0. The number of carbonyl (C=O) groups is 1. The summed E-state index contributed by atoms with van der Waals surface area (Å²) < 4.78 is 0.